The SMILES string of the molecule is CN(CCOCCOCCCN)Cc1ccc(N2CC[N-]CC2)cc1.[K+]. The Morgan fingerprint density at radius 2 is 1.69 bits per heavy atom. The van der Waals surface area contributed by atoms with E-state index in [9.17, 15) is 0 Å². The molecule has 0 unspecified atom stereocenters. The summed E-state index contributed by atoms with van der Waals surface area (Å²) < 4.78 is 11.0. The zero-order valence-corrected chi connectivity index (χ0v) is 19.7. The van der Waals surface area contributed by atoms with Gasteiger partial charge in [0.1, 0.15) is 0 Å². The van der Waals surface area contributed by atoms with Crippen LogP contribution in [0.15, 0.2) is 24.3 Å². The second-order valence-corrected chi connectivity index (χ2v) is 6.43. The van der Waals surface area contributed by atoms with Crippen LogP contribution in [0.1, 0.15) is 12.0 Å². The summed E-state index contributed by atoms with van der Waals surface area (Å²) in [5.74, 6) is 0. The molecule has 1 saturated heterocycles. The Labute approximate surface area is 201 Å². The van der Waals surface area contributed by atoms with Gasteiger partial charge in [0.2, 0.25) is 0 Å². The summed E-state index contributed by atoms with van der Waals surface area (Å²) in [5, 5.41) is 4.40. The molecule has 1 fully saturated rings. The normalized spacial score (nSPS) is 14.5. The van der Waals surface area contributed by atoms with Gasteiger partial charge >= 0.3 is 51.4 Å². The van der Waals surface area contributed by atoms with Gasteiger partial charge in [0.05, 0.1) is 19.8 Å². The summed E-state index contributed by atoms with van der Waals surface area (Å²) in [6.07, 6.45) is 0.911. The van der Waals surface area contributed by atoms with Crippen molar-refractivity contribution in [1.82, 2.24) is 4.90 Å². The second-order valence-electron chi connectivity index (χ2n) is 6.43. The van der Waals surface area contributed by atoms with Crippen LogP contribution in [0.2, 0.25) is 0 Å². The number of piperazine rings is 1. The third-order valence-corrected chi connectivity index (χ3v) is 4.29. The molecule has 0 aliphatic carbocycles. The number of likely N-dealkylation sites (N-methyl/N-ethyl adjacent to an activating group) is 1. The van der Waals surface area contributed by atoms with Crippen molar-refractivity contribution in [3.63, 3.8) is 0 Å². The van der Waals surface area contributed by atoms with Gasteiger partial charge in [-0.1, -0.05) is 12.1 Å². The average molecular weight is 389 g/mol. The van der Waals surface area contributed by atoms with Gasteiger partial charge < -0.3 is 25.4 Å². The number of anilines is 1. The van der Waals surface area contributed by atoms with Gasteiger partial charge in [-0.05, 0) is 50.8 Å². The van der Waals surface area contributed by atoms with Crippen molar-refractivity contribution in [2.45, 2.75) is 13.0 Å². The molecule has 1 aromatic carbocycles. The summed E-state index contributed by atoms with van der Waals surface area (Å²) >= 11 is 0. The van der Waals surface area contributed by atoms with E-state index in [0.717, 1.165) is 58.9 Å². The largest absolute Gasteiger partial charge is 1.00 e. The van der Waals surface area contributed by atoms with Crippen molar-refractivity contribution < 1.29 is 60.9 Å². The summed E-state index contributed by atoms with van der Waals surface area (Å²) in [7, 11) is 2.13. The molecule has 7 heteroatoms. The fraction of sp³-hybridized carbons (Fsp3) is 0.684. The number of hydrogen-bond acceptors (Lipinski definition) is 5. The van der Waals surface area contributed by atoms with Gasteiger partial charge in [-0.2, -0.15) is 0 Å². The molecule has 0 amide bonds. The number of hydrogen-bond donors (Lipinski definition) is 1. The molecule has 0 aromatic heterocycles. The van der Waals surface area contributed by atoms with Gasteiger partial charge in [-0.25, -0.2) is 0 Å². The summed E-state index contributed by atoms with van der Waals surface area (Å²) in [6, 6.07) is 8.90. The zero-order chi connectivity index (χ0) is 17.7. The van der Waals surface area contributed by atoms with E-state index in [4.69, 9.17) is 15.2 Å². The Kier molecular flexibility index (Phi) is 14.5. The molecule has 2 rings (SSSR count). The minimum Gasteiger partial charge on any atom is -0.659 e. The Bertz CT molecular complexity index is 455. The summed E-state index contributed by atoms with van der Waals surface area (Å²) in [6.45, 7) is 9.24. The topological polar surface area (TPSA) is 65.1 Å². The minimum atomic E-state index is 0. The van der Waals surface area contributed by atoms with E-state index >= 15 is 0 Å². The maximum atomic E-state index is 5.61. The van der Waals surface area contributed by atoms with Crippen LogP contribution in [0.3, 0.4) is 0 Å². The quantitative estimate of drug-likeness (QED) is 0.356. The van der Waals surface area contributed by atoms with E-state index < -0.39 is 0 Å². The second kappa shape index (κ2) is 15.4. The van der Waals surface area contributed by atoms with Crippen LogP contribution < -0.4 is 62.0 Å². The van der Waals surface area contributed by atoms with E-state index in [1.807, 2.05) is 0 Å². The smallest absolute Gasteiger partial charge is 0.659 e. The molecule has 26 heavy (non-hydrogen) atoms. The number of benzene rings is 1. The van der Waals surface area contributed by atoms with Gasteiger partial charge in [-0.15, -0.1) is 13.1 Å². The van der Waals surface area contributed by atoms with Gasteiger partial charge in [0.15, 0.2) is 0 Å². The first-order valence-electron chi connectivity index (χ1n) is 9.31. The standard InChI is InChI=1S/C19H33N4O2.K/c1-22(12-14-25-16-15-24-13-2-7-20)17-18-3-5-19(6-4-18)23-10-8-21-9-11-23;/h3-6H,2,7-17,20H2,1H3;/q-1;+1. The van der Waals surface area contributed by atoms with Crippen molar-refractivity contribution in [3.05, 3.63) is 35.1 Å². The van der Waals surface area contributed by atoms with Crippen LogP contribution in [0.5, 0.6) is 0 Å². The van der Waals surface area contributed by atoms with Crippen molar-refractivity contribution in [2.24, 2.45) is 5.73 Å². The fourth-order valence-corrected chi connectivity index (χ4v) is 2.80. The van der Waals surface area contributed by atoms with Crippen molar-refractivity contribution in [3.8, 4) is 0 Å². The Hall–Kier alpha value is 0.456. The van der Waals surface area contributed by atoms with Crippen molar-refractivity contribution in [2.75, 3.05) is 77.6 Å². The molecular formula is C19H33KN4O2. The van der Waals surface area contributed by atoms with E-state index in [0.29, 0.717) is 19.8 Å². The Morgan fingerprint density at radius 3 is 2.35 bits per heavy atom. The molecule has 0 radical (unpaired) electrons. The van der Waals surface area contributed by atoms with E-state index in [2.05, 4.69) is 46.4 Å². The van der Waals surface area contributed by atoms with Gasteiger partial charge in [0, 0.05) is 25.4 Å². The molecule has 6 nitrogen and oxygen atoms in total. The number of ether oxygens (including phenoxy) is 2. The van der Waals surface area contributed by atoms with Crippen LogP contribution in [0, 0.1) is 0 Å². The minimum absolute atomic E-state index is 0. The van der Waals surface area contributed by atoms with Crippen molar-refractivity contribution in [1.29, 1.82) is 0 Å². The van der Waals surface area contributed by atoms with Crippen molar-refractivity contribution >= 4 is 5.69 Å². The van der Waals surface area contributed by atoms with E-state index in [1.54, 1.807) is 0 Å². The molecule has 1 aliphatic heterocycles. The molecule has 1 aromatic rings. The summed E-state index contributed by atoms with van der Waals surface area (Å²) in [5.41, 5.74) is 8.05. The third kappa shape index (κ3) is 10.1. The molecule has 0 saturated carbocycles. The Balaban J connectivity index is 0.00000338. The molecule has 0 spiro atoms. The molecule has 1 aliphatic rings. The van der Waals surface area contributed by atoms with Crippen LogP contribution in [-0.4, -0.2) is 77.6 Å². The zero-order valence-electron chi connectivity index (χ0n) is 16.5. The van der Waals surface area contributed by atoms with Gasteiger partial charge in [-0.3, -0.25) is 4.90 Å². The third-order valence-electron chi connectivity index (χ3n) is 4.29. The summed E-state index contributed by atoms with van der Waals surface area (Å²) in [4.78, 5) is 4.69. The number of rotatable bonds is 12. The van der Waals surface area contributed by atoms with Gasteiger partial charge in [0.25, 0.3) is 0 Å². The monoisotopic (exact) mass is 388 g/mol. The first kappa shape index (κ1) is 24.5. The molecular weight excluding hydrogens is 355 g/mol. The van der Waals surface area contributed by atoms with E-state index in [1.165, 1.54) is 11.3 Å². The Morgan fingerprint density at radius 1 is 1.04 bits per heavy atom. The first-order valence-corrected chi connectivity index (χ1v) is 9.31. The maximum Gasteiger partial charge on any atom is 1.00 e. The maximum absolute atomic E-state index is 5.61. The molecule has 1 heterocycles. The predicted molar refractivity (Wildman–Crippen MR) is 103 cm³/mol. The van der Waals surface area contributed by atoms with Crippen LogP contribution in [0.4, 0.5) is 5.69 Å². The molecule has 142 valence electrons. The first-order chi connectivity index (χ1) is 12.3. The van der Waals surface area contributed by atoms with E-state index in [-0.39, 0.29) is 51.4 Å². The van der Waals surface area contributed by atoms with Crippen LogP contribution in [-0.2, 0) is 16.0 Å². The number of nitrogens with two attached hydrogens (primary N) is 1. The predicted octanol–water partition coefficient (Wildman–Crippen LogP) is -1.30. The fourth-order valence-electron chi connectivity index (χ4n) is 2.80. The van der Waals surface area contributed by atoms with Crippen LogP contribution >= 0.6 is 0 Å². The average Bonchev–Trinajstić information content (AvgIpc) is 2.65. The number of nitrogens with zero attached hydrogens (tertiary/aromatic N) is 3. The van der Waals surface area contributed by atoms with Crippen LogP contribution in [0.25, 0.3) is 5.32 Å². The molecule has 0 bridgehead atoms. The molecule has 2 N–H and O–H groups in total. The molecule has 0 atom stereocenters.